The quantitative estimate of drug-likeness (QED) is 0.572. The second-order valence-corrected chi connectivity index (χ2v) is 3.11. The molecule has 3 heteroatoms. The average molecular weight is 150 g/mol. The zero-order valence-electron chi connectivity index (χ0n) is 5.30. The van der Waals surface area contributed by atoms with Crippen molar-refractivity contribution in [3.8, 4) is 0 Å². The molecule has 0 spiro atoms. The van der Waals surface area contributed by atoms with Gasteiger partial charge in [0.15, 0.2) is 0 Å². The van der Waals surface area contributed by atoms with Crippen LogP contribution in [0, 0.1) is 0 Å². The van der Waals surface area contributed by atoms with Gasteiger partial charge in [-0.2, -0.15) is 0 Å². The predicted octanol–water partition coefficient (Wildman–Crippen LogP) is 2.51. The summed E-state index contributed by atoms with van der Waals surface area (Å²) in [6, 6.07) is 0. The fourth-order valence-electron chi connectivity index (χ4n) is 0.282. The molecule has 0 saturated carbocycles. The van der Waals surface area contributed by atoms with Crippen LogP contribution in [0.5, 0.6) is 0 Å². The van der Waals surface area contributed by atoms with E-state index in [1.54, 1.807) is 18.9 Å². The molecule has 0 saturated heterocycles. The van der Waals surface area contributed by atoms with E-state index in [2.05, 4.69) is 0 Å². The van der Waals surface area contributed by atoms with Crippen LogP contribution in [0.1, 0.15) is 6.92 Å². The lowest BCUT2D eigenvalue weighted by molar-refractivity contribution is 0.494. The fraction of sp³-hybridized carbons (Fsp3) is 0.600. The summed E-state index contributed by atoms with van der Waals surface area (Å²) >= 11 is 3.09. The van der Waals surface area contributed by atoms with Crippen molar-refractivity contribution >= 4 is 23.8 Å². The van der Waals surface area contributed by atoms with E-state index < -0.39 is 0 Å². The van der Waals surface area contributed by atoms with Crippen LogP contribution >= 0.6 is 23.8 Å². The minimum Gasteiger partial charge on any atom is -0.313 e. The Hall–Kier alpha value is 0.400. The smallest absolute Gasteiger partial charge is 0.0635 e. The Bertz CT molecular complexity index is 80.5. The second kappa shape index (κ2) is 5.54. The van der Waals surface area contributed by atoms with Gasteiger partial charge in [-0.15, -0.1) is 11.8 Å². The van der Waals surface area contributed by atoms with Gasteiger partial charge in [-0.25, -0.2) is 0 Å². The zero-order chi connectivity index (χ0) is 6.41. The van der Waals surface area contributed by atoms with Gasteiger partial charge in [-0.1, -0.05) is 6.08 Å². The van der Waals surface area contributed by atoms with E-state index in [9.17, 15) is 0 Å². The maximum absolute atomic E-state index is 4.81. The van der Waals surface area contributed by atoms with Crippen molar-refractivity contribution in [1.82, 2.24) is 0 Å². The molecule has 0 aromatic carbocycles. The van der Waals surface area contributed by atoms with Crippen molar-refractivity contribution in [3.63, 3.8) is 0 Å². The first-order chi connectivity index (χ1) is 3.85. The van der Waals surface area contributed by atoms with Gasteiger partial charge >= 0.3 is 0 Å². The number of rotatable bonds is 3. The van der Waals surface area contributed by atoms with E-state index in [0.29, 0.717) is 0 Å². The van der Waals surface area contributed by atoms with Crippen LogP contribution in [0.15, 0.2) is 10.3 Å². The molecule has 0 bridgehead atoms. The minimum absolute atomic E-state index is 1.20. The topological polar surface area (TPSA) is 9.23 Å². The van der Waals surface area contributed by atoms with Gasteiger partial charge in [0.1, 0.15) is 0 Å². The molecule has 0 atom stereocenters. The Labute approximate surface area is 59.1 Å². The van der Waals surface area contributed by atoms with E-state index in [-0.39, 0.29) is 0 Å². The molecular weight excluding hydrogens is 140 g/mol. The highest BCUT2D eigenvalue weighted by Crippen LogP contribution is 2.25. The third-order valence-corrected chi connectivity index (χ3v) is 2.51. The van der Waals surface area contributed by atoms with Gasteiger partial charge in [0.25, 0.3) is 0 Å². The SMILES string of the molecule is C/C=C(\SC)SOC. The molecule has 0 radical (unpaired) electrons. The lowest BCUT2D eigenvalue weighted by Crippen LogP contribution is -1.67. The molecule has 0 unspecified atom stereocenters. The molecule has 48 valence electrons. The summed E-state index contributed by atoms with van der Waals surface area (Å²) in [6.45, 7) is 2.00. The van der Waals surface area contributed by atoms with E-state index in [1.165, 1.54) is 16.3 Å². The first-order valence-electron chi connectivity index (χ1n) is 2.26. The molecule has 0 N–H and O–H groups in total. The molecule has 0 aromatic heterocycles. The van der Waals surface area contributed by atoms with Gasteiger partial charge in [-0.05, 0) is 13.2 Å². The molecule has 0 aliphatic rings. The van der Waals surface area contributed by atoms with Gasteiger partial charge in [0.05, 0.1) is 11.3 Å². The summed E-state index contributed by atoms with van der Waals surface area (Å²) in [6.07, 6.45) is 4.06. The molecule has 0 aliphatic carbocycles. The van der Waals surface area contributed by atoms with Crippen LogP contribution in [0.3, 0.4) is 0 Å². The summed E-state index contributed by atoms with van der Waals surface area (Å²) in [5, 5.41) is 0. The van der Waals surface area contributed by atoms with Gasteiger partial charge in [-0.3, -0.25) is 0 Å². The molecule has 0 fully saturated rings. The normalized spacial score (nSPS) is 12.1. The van der Waals surface area contributed by atoms with Crippen molar-refractivity contribution in [2.24, 2.45) is 0 Å². The van der Waals surface area contributed by atoms with Crippen LogP contribution in [-0.2, 0) is 4.18 Å². The molecule has 0 rings (SSSR count). The Morgan fingerprint density at radius 2 is 2.25 bits per heavy atom. The molecule has 0 amide bonds. The van der Waals surface area contributed by atoms with Crippen LogP contribution in [-0.4, -0.2) is 13.4 Å². The first kappa shape index (κ1) is 8.40. The Morgan fingerprint density at radius 1 is 1.62 bits per heavy atom. The number of hydrogen-bond acceptors (Lipinski definition) is 3. The number of allylic oxidation sites excluding steroid dienone is 1. The van der Waals surface area contributed by atoms with E-state index >= 15 is 0 Å². The molecule has 0 aliphatic heterocycles. The Kier molecular flexibility index (Phi) is 5.81. The van der Waals surface area contributed by atoms with E-state index in [1.807, 2.05) is 19.3 Å². The Balaban J connectivity index is 3.38. The third-order valence-electron chi connectivity index (χ3n) is 0.602. The van der Waals surface area contributed by atoms with Gasteiger partial charge in [0.2, 0.25) is 0 Å². The monoisotopic (exact) mass is 150 g/mol. The highest BCUT2D eigenvalue weighted by molar-refractivity contribution is 8.20. The molecule has 0 heterocycles. The molecular formula is C5H10OS2. The average Bonchev–Trinajstić information content (AvgIpc) is 1.83. The van der Waals surface area contributed by atoms with E-state index in [4.69, 9.17) is 4.18 Å². The molecule has 1 nitrogen and oxygen atoms in total. The van der Waals surface area contributed by atoms with Crippen LogP contribution in [0.4, 0.5) is 0 Å². The maximum atomic E-state index is 4.81. The number of hydrogen-bond donors (Lipinski definition) is 0. The standard InChI is InChI=1S/C5H10OS2/c1-4-5(7-3)8-6-2/h4H,1-3H3/b5-4+. The summed E-state index contributed by atoms with van der Waals surface area (Å²) in [5.41, 5.74) is 0. The summed E-state index contributed by atoms with van der Waals surface area (Å²) in [4.78, 5) is 0. The lowest BCUT2D eigenvalue weighted by Gasteiger charge is -1.95. The molecule has 8 heavy (non-hydrogen) atoms. The first-order valence-corrected chi connectivity index (χ1v) is 4.22. The molecule has 0 aromatic rings. The third kappa shape index (κ3) is 3.41. The highest BCUT2D eigenvalue weighted by atomic mass is 32.2. The lowest BCUT2D eigenvalue weighted by atomic mass is 10.8. The largest absolute Gasteiger partial charge is 0.313 e. The van der Waals surface area contributed by atoms with Crippen molar-refractivity contribution in [2.75, 3.05) is 13.4 Å². The van der Waals surface area contributed by atoms with Crippen LogP contribution in [0.2, 0.25) is 0 Å². The summed E-state index contributed by atoms with van der Waals surface area (Å²) < 4.78 is 6.01. The van der Waals surface area contributed by atoms with Gasteiger partial charge in [0, 0.05) is 12.0 Å². The zero-order valence-corrected chi connectivity index (χ0v) is 6.94. The second-order valence-electron chi connectivity index (χ2n) is 1.06. The van der Waals surface area contributed by atoms with Crippen LogP contribution in [0.25, 0.3) is 0 Å². The fourth-order valence-corrected chi connectivity index (χ4v) is 1.25. The van der Waals surface area contributed by atoms with Crippen LogP contribution < -0.4 is 0 Å². The predicted molar refractivity (Wildman–Crippen MR) is 41.9 cm³/mol. The number of thioether (sulfide) groups is 1. The van der Waals surface area contributed by atoms with Crippen molar-refractivity contribution in [3.05, 3.63) is 10.3 Å². The van der Waals surface area contributed by atoms with Gasteiger partial charge < -0.3 is 4.18 Å². The van der Waals surface area contributed by atoms with Crippen molar-refractivity contribution in [2.45, 2.75) is 6.92 Å². The Morgan fingerprint density at radius 3 is 2.38 bits per heavy atom. The van der Waals surface area contributed by atoms with Crippen molar-refractivity contribution < 1.29 is 4.18 Å². The highest BCUT2D eigenvalue weighted by Gasteiger charge is 1.89. The summed E-state index contributed by atoms with van der Waals surface area (Å²) in [5.74, 6) is 0. The van der Waals surface area contributed by atoms with E-state index in [0.717, 1.165) is 0 Å². The minimum atomic E-state index is 1.20. The maximum Gasteiger partial charge on any atom is 0.0635 e. The van der Waals surface area contributed by atoms with Crippen molar-refractivity contribution in [1.29, 1.82) is 0 Å². The summed E-state index contributed by atoms with van der Waals surface area (Å²) in [7, 11) is 1.67.